The Morgan fingerprint density at radius 3 is 2.20 bits per heavy atom. The Balaban J connectivity index is 1.36. The molecule has 2 atom stereocenters. The lowest BCUT2D eigenvalue weighted by Gasteiger charge is -2.29. The molecule has 1 aliphatic rings. The summed E-state index contributed by atoms with van der Waals surface area (Å²) in [5.41, 5.74) is 2.63. The van der Waals surface area contributed by atoms with E-state index in [0.717, 1.165) is 36.8 Å². The van der Waals surface area contributed by atoms with Crippen molar-refractivity contribution in [2.75, 3.05) is 26.9 Å². The normalized spacial score (nSPS) is 19.4. The van der Waals surface area contributed by atoms with E-state index in [0.29, 0.717) is 20.5 Å². The molecule has 7 heteroatoms. The third-order valence-corrected chi connectivity index (χ3v) is 7.73. The minimum atomic E-state index is 0.152. The number of nitrogens with one attached hydrogen (secondary N) is 1. The summed E-state index contributed by atoms with van der Waals surface area (Å²) in [6, 6.07) is 16.5. The Labute approximate surface area is 217 Å². The summed E-state index contributed by atoms with van der Waals surface area (Å²) < 4.78 is 16.5. The zero-order valence-electron chi connectivity index (χ0n) is 20.7. The van der Waals surface area contributed by atoms with E-state index in [4.69, 9.17) is 14.2 Å². The summed E-state index contributed by atoms with van der Waals surface area (Å²) in [5.74, 6) is 3.27. The second-order valence-corrected chi connectivity index (χ2v) is 10.6. The van der Waals surface area contributed by atoms with Gasteiger partial charge in [0.25, 0.3) is 0 Å². The second-order valence-electron chi connectivity index (χ2n) is 9.31. The molecule has 2 aromatic carbocycles. The van der Waals surface area contributed by atoms with Gasteiger partial charge in [0.05, 0.1) is 6.61 Å². The first-order valence-electron chi connectivity index (χ1n) is 12.6. The molecule has 1 fully saturated rings. The molecule has 35 heavy (non-hydrogen) atoms. The SMILES string of the molecule is COCC(CO)CCc1ccc(O/C=C\Oc2ccc(C3CCC(CCNPS)CC3)cc2)cc1. The number of hydrogen-bond acceptors (Lipinski definition) is 6. The van der Waals surface area contributed by atoms with Gasteiger partial charge in [0.2, 0.25) is 0 Å². The van der Waals surface area contributed by atoms with E-state index in [2.05, 4.69) is 41.6 Å². The van der Waals surface area contributed by atoms with Crippen molar-refractivity contribution in [2.24, 2.45) is 11.8 Å². The van der Waals surface area contributed by atoms with Crippen LogP contribution in [-0.4, -0.2) is 32.0 Å². The summed E-state index contributed by atoms with van der Waals surface area (Å²) >= 11 is 4.24. The highest BCUT2D eigenvalue weighted by atomic mass is 32.7. The fraction of sp³-hybridized carbons (Fsp3) is 0.500. The van der Waals surface area contributed by atoms with Crippen LogP contribution in [0.5, 0.6) is 11.5 Å². The zero-order chi connectivity index (χ0) is 24.7. The van der Waals surface area contributed by atoms with Crippen LogP contribution in [0.4, 0.5) is 0 Å². The van der Waals surface area contributed by atoms with Gasteiger partial charge in [0.15, 0.2) is 0 Å². The van der Waals surface area contributed by atoms with Gasteiger partial charge in [-0.05, 0) is 98.7 Å². The molecule has 1 aliphatic carbocycles. The van der Waals surface area contributed by atoms with E-state index in [-0.39, 0.29) is 12.5 Å². The molecule has 1 saturated carbocycles. The number of rotatable bonds is 15. The summed E-state index contributed by atoms with van der Waals surface area (Å²) in [7, 11) is 2.22. The second kappa shape index (κ2) is 16.2. The summed E-state index contributed by atoms with van der Waals surface area (Å²) in [6.45, 7) is 1.83. The molecule has 0 amide bonds. The van der Waals surface area contributed by atoms with E-state index in [1.807, 2.05) is 24.3 Å². The molecule has 192 valence electrons. The maximum Gasteiger partial charge on any atom is 0.126 e. The van der Waals surface area contributed by atoms with Crippen molar-refractivity contribution >= 4 is 20.2 Å². The molecular formula is C28H40NO4PS. The molecule has 0 spiro atoms. The fourth-order valence-electron chi connectivity index (χ4n) is 4.72. The van der Waals surface area contributed by atoms with Crippen molar-refractivity contribution in [2.45, 2.75) is 50.9 Å². The van der Waals surface area contributed by atoms with Gasteiger partial charge in [-0.25, -0.2) is 0 Å². The highest BCUT2D eigenvalue weighted by molar-refractivity contribution is 8.37. The smallest absolute Gasteiger partial charge is 0.126 e. The largest absolute Gasteiger partial charge is 0.462 e. The van der Waals surface area contributed by atoms with Gasteiger partial charge in [0, 0.05) is 27.6 Å². The lowest BCUT2D eigenvalue weighted by atomic mass is 9.77. The van der Waals surface area contributed by atoms with Crippen LogP contribution in [0.25, 0.3) is 0 Å². The monoisotopic (exact) mass is 517 g/mol. The predicted molar refractivity (Wildman–Crippen MR) is 149 cm³/mol. The standard InChI is InChI=1S/C28H40NO4PS/c1-31-21-24(20-30)3-2-22-6-12-27(13-7-22)32-18-19-33-28-14-10-26(11-15-28)25-8-4-23(5-9-25)16-17-29-34-35/h6-7,10-15,18-19,23-25,29-30,34-35H,2-5,8-9,16-17,20-21H2,1H3/b19-18-. The van der Waals surface area contributed by atoms with Crippen LogP contribution < -0.4 is 14.6 Å². The van der Waals surface area contributed by atoms with Crippen LogP contribution in [0, 0.1) is 11.8 Å². The summed E-state index contributed by atoms with van der Waals surface area (Å²) in [5, 5.41) is 12.7. The average molecular weight is 518 g/mol. The van der Waals surface area contributed by atoms with E-state index >= 15 is 0 Å². The van der Waals surface area contributed by atoms with Gasteiger partial charge < -0.3 is 19.3 Å². The van der Waals surface area contributed by atoms with Crippen LogP contribution in [0.3, 0.4) is 0 Å². The number of ether oxygens (including phenoxy) is 3. The molecule has 3 rings (SSSR count). The third-order valence-electron chi connectivity index (χ3n) is 6.84. The Morgan fingerprint density at radius 1 is 1.00 bits per heavy atom. The number of hydrogen-bond donors (Lipinski definition) is 3. The number of benzene rings is 2. The first-order valence-corrected chi connectivity index (χ1v) is 14.9. The molecule has 2 aromatic rings. The van der Waals surface area contributed by atoms with Crippen molar-refractivity contribution in [3.63, 3.8) is 0 Å². The highest BCUT2D eigenvalue weighted by Gasteiger charge is 2.22. The molecule has 2 N–H and O–H groups in total. The zero-order valence-corrected chi connectivity index (χ0v) is 22.6. The van der Waals surface area contributed by atoms with Gasteiger partial charge >= 0.3 is 0 Å². The van der Waals surface area contributed by atoms with Gasteiger partial charge in [-0.2, -0.15) is 0 Å². The van der Waals surface area contributed by atoms with Crippen LogP contribution >= 0.6 is 20.2 Å². The summed E-state index contributed by atoms with van der Waals surface area (Å²) in [6.07, 6.45) is 11.4. The quantitative estimate of drug-likeness (QED) is 0.109. The third kappa shape index (κ3) is 10.1. The molecule has 0 aromatic heterocycles. The molecular weight excluding hydrogens is 477 g/mol. The molecule has 0 heterocycles. The first kappa shape index (κ1) is 28.0. The van der Waals surface area contributed by atoms with Gasteiger partial charge in [-0.3, -0.25) is 5.09 Å². The summed E-state index contributed by atoms with van der Waals surface area (Å²) in [4.78, 5) is 0. The van der Waals surface area contributed by atoms with Gasteiger partial charge in [-0.15, -0.1) is 12.2 Å². The number of aliphatic hydroxyl groups excluding tert-OH is 1. The molecule has 0 aliphatic heterocycles. The predicted octanol–water partition coefficient (Wildman–Crippen LogP) is 6.49. The lowest BCUT2D eigenvalue weighted by Crippen LogP contribution is -2.16. The van der Waals surface area contributed by atoms with Crippen LogP contribution in [0.15, 0.2) is 61.1 Å². The van der Waals surface area contributed by atoms with Gasteiger partial charge in [0.1, 0.15) is 24.0 Å². The van der Waals surface area contributed by atoms with Crippen LogP contribution in [0.1, 0.15) is 55.6 Å². The molecule has 0 radical (unpaired) electrons. The van der Waals surface area contributed by atoms with Gasteiger partial charge in [-0.1, -0.05) is 24.3 Å². The van der Waals surface area contributed by atoms with E-state index < -0.39 is 0 Å². The number of methoxy groups -OCH3 is 1. The Morgan fingerprint density at radius 2 is 1.63 bits per heavy atom. The minimum absolute atomic E-state index is 0.152. The Hall–Kier alpha value is -1.56. The molecule has 0 bridgehead atoms. The highest BCUT2D eigenvalue weighted by Crippen LogP contribution is 2.37. The molecule has 2 unspecified atom stereocenters. The Bertz CT molecular complexity index is 854. The van der Waals surface area contributed by atoms with E-state index in [1.165, 1.54) is 43.2 Å². The molecule has 0 saturated heterocycles. The fourth-order valence-corrected chi connectivity index (χ4v) is 5.31. The van der Waals surface area contributed by atoms with Crippen molar-refractivity contribution in [3.8, 4) is 11.5 Å². The molecule has 5 nitrogen and oxygen atoms in total. The lowest BCUT2D eigenvalue weighted by molar-refractivity contribution is 0.105. The van der Waals surface area contributed by atoms with Crippen LogP contribution in [0.2, 0.25) is 0 Å². The first-order chi connectivity index (χ1) is 17.2. The minimum Gasteiger partial charge on any atom is -0.462 e. The topological polar surface area (TPSA) is 60.0 Å². The number of thiol groups is 1. The van der Waals surface area contributed by atoms with Crippen molar-refractivity contribution in [1.82, 2.24) is 5.09 Å². The number of aryl methyl sites for hydroxylation is 1. The van der Waals surface area contributed by atoms with Crippen molar-refractivity contribution in [1.29, 1.82) is 0 Å². The van der Waals surface area contributed by atoms with Crippen LogP contribution in [-0.2, 0) is 11.2 Å². The Kier molecular flexibility index (Phi) is 13.0. The maximum absolute atomic E-state index is 9.37. The van der Waals surface area contributed by atoms with E-state index in [1.54, 1.807) is 19.6 Å². The maximum atomic E-state index is 9.37. The average Bonchev–Trinajstić information content (AvgIpc) is 2.91. The van der Waals surface area contributed by atoms with E-state index in [9.17, 15) is 5.11 Å². The van der Waals surface area contributed by atoms with Crippen molar-refractivity contribution in [3.05, 3.63) is 72.2 Å². The van der Waals surface area contributed by atoms with Crippen molar-refractivity contribution < 1.29 is 19.3 Å². The number of aliphatic hydroxyl groups is 1.